The molecule has 1 aliphatic heterocycles. The van der Waals surface area contributed by atoms with Gasteiger partial charge >= 0.3 is 0 Å². The minimum absolute atomic E-state index is 0.0297. The highest BCUT2D eigenvalue weighted by atomic mass is 32.2. The molecule has 1 atom stereocenters. The second-order valence-corrected chi connectivity index (χ2v) is 8.17. The molecule has 1 aliphatic rings. The molecule has 7 nitrogen and oxygen atoms in total. The largest absolute Gasteiger partial charge is 0.497 e. The molecule has 0 radical (unpaired) electrons. The van der Waals surface area contributed by atoms with Crippen LogP contribution >= 0.6 is 12.2 Å². The summed E-state index contributed by atoms with van der Waals surface area (Å²) in [5.41, 5.74) is 0.785. The predicted molar refractivity (Wildman–Crippen MR) is 97.0 cm³/mol. The van der Waals surface area contributed by atoms with Gasteiger partial charge in [-0.1, -0.05) is 6.07 Å². The van der Waals surface area contributed by atoms with E-state index in [4.69, 9.17) is 17.0 Å². The Balaban J connectivity index is 1.67. The molecule has 1 amide bonds. The highest BCUT2D eigenvalue weighted by Crippen LogP contribution is 2.16. The predicted octanol–water partition coefficient (Wildman–Crippen LogP) is 0.675. The Morgan fingerprint density at radius 1 is 1.42 bits per heavy atom. The van der Waals surface area contributed by atoms with E-state index in [2.05, 4.69) is 16.0 Å². The highest BCUT2D eigenvalue weighted by Gasteiger charge is 2.28. The first-order valence-electron chi connectivity index (χ1n) is 7.56. The average Bonchev–Trinajstić information content (AvgIpc) is 2.86. The fraction of sp³-hybridized carbons (Fsp3) is 0.467. The molecule has 2 rings (SSSR count). The number of ether oxygens (including phenoxy) is 1. The van der Waals surface area contributed by atoms with Crippen molar-refractivity contribution in [2.75, 3.05) is 30.5 Å². The molecule has 3 N–H and O–H groups in total. The van der Waals surface area contributed by atoms with Crippen molar-refractivity contribution in [3.63, 3.8) is 0 Å². The smallest absolute Gasteiger partial charge is 0.222 e. The molecule has 132 valence electrons. The zero-order valence-corrected chi connectivity index (χ0v) is 15.0. The maximum absolute atomic E-state index is 11.8. The van der Waals surface area contributed by atoms with E-state index in [1.165, 1.54) is 0 Å². The van der Waals surface area contributed by atoms with Gasteiger partial charge in [0.2, 0.25) is 5.91 Å². The lowest BCUT2D eigenvalue weighted by atomic mass is 10.2. The molecular formula is C15H21N3O4S2. The first kappa shape index (κ1) is 18.5. The van der Waals surface area contributed by atoms with E-state index in [0.717, 1.165) is 5.69 Å². The second-order valence-electron chi connectivity index (χ2n) is 5.53. The van der Waals surface area contributed by atoms with Gasteiger partial charge in [0.05, 0.1) is 18.6 Å². The molecule has 0 bridgehead atoms. The first-order chi connectivity index (χ1) is 11.4. The number of methoxy groups -OCH3 is 1. The summed E-state index contributed by atoms with van der Waals surface area (Å²) < 4.78 is 27.8. The molecule has 1 aromatic carbocycles. The van der Waals surface area contributed by atoms with Crippen LogP contribution in [0.15, 0.2) is 24.3 Å². The molecule has 0 spiro atoms. The van der Waals surface area contributed by atoms with Crippen molar-refractivity contribution in [1.82, 2.24) is 10.6 Å². The third kappa shape index (κ3) is 5.97. The summed E-state index contributed by atoms with van der Waals surface area (Å²) in [5.74, 6) is 0.703. The van der Waals surface area contributed by atoms with Gasteiger partial charge in [-0.15, -0.1) is 0 Å². The Labute approximate surface area is 147 Å². The Morgan fingerprint density at radius 2 is 2.21 bits per heavy atom. The van der Waals surface area contributed by atoms with Crippen LogP contribution in [0.2, 0.25) is 0 Å². The standard InChI is InChI=1S/C15H21N3O4S2/c1-22-13-4-2-3-11(9-13)18-15(23)16-7-5-14(19)17-12-6-8-24(20,21)10-12/h2-4,9,12H,5-8,10H2,1H3,(H,17,19)(H2,16,18,23). The van der Waals surface area contributed by atoms with Gasteiger partial charge in [0.15, 0.2) is 14.9 Å². The van der Waals surface area contributed by atoms with Crippen LogP contribution in [0, 0.1) is 0 Å². The molecule has 0 aromatic heterocycles. The number of thiocarbonyl (C=S) groups is 1. The number of hydrogen-bond acceptors (Lipinski definition) is 5. The number of amides is 1. The van der Waals surface area contributed by atoms with Gasteiger partial charge in [-0.3, -0.25) is 4.79 Å². The van der Waals surface area contributed by atoms with Crippen molar-refractivity contribution in [3.05, 3.63) is 24.3 Å². The van der Waals surface area contributed by atoms with Crippen LogP contribution in [-0.2, 0) is 14.6 Å². The van der Waals surface area contributed by atoms with Crippen LogP contribution in [0.5, 0.6) is 5.75 Å². The summed E-state index contributed by atoms with van der Waals surface area (Å²) in [6.45, 7) is 0.362. The highest BCUT2D eigenvalue weighted by molar-refractivity contribution is 7.91. The summed E-state index contributed by atoms with van der Waals surface area (Å²) in [6, 6.07) is 7.05. The number of nitrogens with one attached hydrogen (secondary N) is 3. The number of anilines is 1. The van der Waals surface area contributed by atoms with Crippen LogP contribution in [-0.4, -0.2) is 50.6 Å². The third-order valence-corrected chi connectivity index (χ3v) is 5.58. The SMILES string of the molecule is COc1cccc(NC(=S)NCCC(=O)NC2CCS(=O)(=O)C2)c1. The Bertz CT molecular complexity index is 706. The summed E-state index contributed by atoms with van der Waals surface area (Å²) >= 11 is 5.17. The Hall–Kier alpha value is -1.87. The van der Waals surface area contributed by atoms with Crippen LogP contribution in [0.3, 0.4) is 0 Å². The molecule has 1 heterocycles. The number of carbonyl (C=O) groups excluding carboxylic acids is 1. The van der Waals surface area contributed by atoms with Crippen LogP contribution < -0.4 is 20.7 Å². The van der Waals surface area contributed by atoms with Gasteiger partial charge < -0.3 is 20.7 Å². The second kappa shape index (κ2) is 8.29. The molecule has 24 heavy (non-hydrogen) atoms. The molecule has 1 saturated heterocycles. The van der Waals surface area contributed by atoms with Crippen molar-refractivity contribution in [3.8, 4) is 5.75 Å². The van der Waals surface area contributed by atoms with Crippen molar-refractivity contribution in [1.29, 1.82) is 0 Å². The number of hydrogen-bond donors (Lipinski definition) is 3. The fourth-order valence-corrected chi connectivity index (χ4v) is 4.27. The minimum atomic E-state index is -2.99. The van der Waals surface area contributed by atoms with E-state index in [9.17, 15) is 13.2 Å². The van der Waals surface area contributed by atoms with Crippen molar-refractivity contribution in [2.24, 2.45) is 0 Å². The van der Waals surface area contributed by atoms with E-state index >= 15 is 0 Å². The summed E-state index contributed by atoms with van der Waals surface area (Å²) in [6.07, 6.45) is 0.702. The molecule has 0 saturated carbocycles. The molecule has 1 unspecified atom stereocenters. The normalized spacial score (nSPS) is 18.6. The maximum atomic E-state index is 11.8. The molecule has 1 aromatic rings. The van der Waals surface area contributed by atoms with Crippen LogP contribution in [0.4, 0.5) is 5.69 Å². The number of sulfone groups is 1. The van der Waals surface area contributed by atoms with Crippen molar-refractivity contribution in [2.45, 2.75) is 18.9 Å². The lowest BCUT2D eigenvalue weighted by Crippen LogP contribution is -2.38. The van der Waals surface area contributed by atoms with Crippen molar-refractivity contribution < 1.29 is 17.9 Å². The van der Waals surface area contributed by atoms with E-state index in [1.54, 1.807) is 13.2 Å². The summed E-state index contributed by atoms with van der Waals surface area (Å²) in [5, 5.41) is 9.08. The van der Waals surface area contributed by atoms with E-state index in [-0.39, 0.29) is 29.9 Å². The first-order valence-corrected chi connectivity index (χ1v) is 9.79. The van der Waals surface area contributed by atoms with Crippen LogP contribution in [0.25, 0.3) is 0 Å². The topological polar surface area (TPSA) is 96.5 Å². The van der Waals surface area contributed by atoms with Gasteiger partial charge in [0, 0.05) is 30.8 Å². The van der Waals surface area contributed by atoms with Crippen molar-refractivity contribution >= 4 is 38.8 Å². The fourth-order valence-electron chi connectivity index (χ4n) is 2.37. The summed E-state index contributed by atoms with van der Waals surface area (Å²) in [4.78, 5) is 11.8. The van der Waals surface area contributed by atoms with Gasteiger partial charge in [-0.2, -0.15) is 0 Å². The molecule has 1 fully saturated rings. The van der Waals surface area contributed by atoms with Gasteiger partial charge in [-0.25, -0.2) is 8.42 Å². The maximum Gasteiger partial charge on any atom is 0.222 e. The lowest BCUT2D eigenvalue weighted by molar-refractivity contribution is -0.121. The molecule has 9 heteroatoms. The lowest BCUT2D eigenvalue weighted by Gasteiger charge is -2.13. The average molecular weight is 371 g/mol. The Kier molecular flexibility index (Phi) is 6.38. The summed E-state index contributed by atoms with van der Waals surface area (Å²) in [7, 11) is -1.40. The zero-order chi connectivity index (χ0) is 17.6. The third-order valence-electron chi connectivity index (χ3n) is 3.56. The number of rotatable bonds is 6. The van der Waals surface area contributed by atoms with E-state index in [1.807, 2.05) is 18.2 Å². The van der Waals surface area contributed by atoms with Gasteiger partial charge in [-0.05, 0) is 30.8 Å². The van der Waals surface area contributed by atoms with Crippen LogP contribution in [0.1, 0.15) is 12.8 Å². The zero-order valence-electron chi connectivity index (χ0n) is 13.4. The molecular weight excluding hydrogens is 350 g/mol. The van der Waals surface area contributed by atoms with E-state index < -0.39 is 9.84 Å². The number of benzene rings is 1. The van der Waals surface area contributed by atoms with Gasteiger partial charge in [0.25, 0.3) is 0 Å². The monoisotopic (exact) mass is 371 g/mol. The minimum Gasteiger partial charge on any atom is -0.497 e. The quantitative estimate of drug-likeness (QED) is 0.633. The number of carbonyl (C=O) groups is 1. The molecule has 0 aliphatic carbocycles. The van der Waals surface area contributed by atoms with Gasteiger partial charge in [0.1, 0.15) is 5.75 Å². The van der Waals surface area contributed by atoms with E-state index in [0.29, 0.717) is 23.8 Å². The Morgan fingerprint density at radius 3 is 2.88 bits per heavy atom.